The Hall–Kier alpha value is -1.47. The van der Waals surface area contributed by atoms with Gasteiger partial charge in [-0.05, 0) is 19.3 Å². The minimum atomic E-state index is -0.630. The first-order valence-electron chi connectivity index (χ1n) is 9.22. The van der Waals surface area contributed by atoms with Gasteiger partial charge in [-0.3, -0.25) is 0 Å². The number of aryl methyl sites for hydroxylation is 1. The van der Waals surface area contributed by atoms with Crippen LogP contribution in [0.2, 0.25) is 0 Å². The molecule has 0 aromatic carbocycles. The highest BCUT2D eigenvalue weighted by molar-refractivity contribution is 5.38. The van der Waals surface area contributed by atoms with Gasteiger partial charge in [-0.15, -0.1) is 0 Å². The summed E-state index contributed by atoms with van der Waals surface area (Å²) in [6.45, 7) is 5.65. The lowest BCUT2D eigenvalue weighted by Crippen LogP contribution is -2.40. The number of rotatable bonds is 6. The highest BCUT2D eigenvalue weighted by Gasteiger charge is 2.29. The van der Waals surface area contributed by atoms with E-state index in [0.717, 1.165) is 63.4 Å². The van der Waals surface area contributed by atoms with E-state index in [1.807, 2.05) is 0 Å². The van der Waals surface area contributed by atoms with Crippen molar-refractivity contribution < 1.29 is 9.84 Å². The molecule has 0 spiro atoms. The number of aliphatic hydroxyl groups is 1. The van der Waals surface area contributed by atoms with Gasteiger partial charge in [0.15, 0.2) is 0 Å². The van der Waals surface area contributed by atoms with Crippen LogP contribution in [-0.2, 0) is 11.2 Å². The summed E-state index contributed by atoms with van der Waals surface area (Å²) in [6.07, 6.45) is 6.93. The summed E-state index contributed by atoms with van der Waals surface area (Å²) in [6, 6.07) is 0. The molecule has 2 N–H and O–H groups in total. The van der Waals surface area contributed by atoms with Crippen LogP contribution in [0.3, 0.4) is 0 Å². The quantitative estimate of drug-likeness (QED) is 0.819. The number of ether oxygens (including phenoxy) is 1. The molecule has 2 fully saturated rings. The molecule has 3 rings (SSSR count). The van der Waals surface area contributed by atoms with Gasteiger partial charge in [-0.25, -0.2) is 0 Å². The Morgan fingerprint density at radius 1 is 1.12 bits per heavy atom. The van der Waals surface area contributed by atoms with Crippen LogP contribution in [-0.4, -0.2) is 58.5 Å². The van der Waals surface area contributed by atoms with Crippen molar-refractivity contribution >= 4 is 11.9 Å². The van der Waals surface area contributed by atoms with Gasteiger partial charge in [0.2, 0.25) is 11.9 Å². The molecule has 1 aromatic rings. The fourth-order valence-electron chi connectivity index (χ4n) is 3.36. The van der Waals surface area contributed by atoms with E-state index in [2.05, 4.69) is 32.1 Å². The van der Waals surface area contributed by atoms with Crippen molar-refractivity contribution in [2.75, 3.05) is 43.1 Å². The lowest BCUT2D eigenvalue weighted by Gasteiger charge is -2.32. The number of aromatic nitrogens is 3. The third-order valence-electron chi connectivity index (χ3n) is 4.80. The molecular weight excluding hydrogens is 306 g/mol. The SMILES string of the molecule is CCCc1nc(NCC2(O)CCCCC2)nc(N2CCOCC2)n1. The Bertz CT molecular complexity index is 528. The van der Waals surface area contributed by atoms with Crippen molar-refractivity contribution in [3.05, 3.63) is 5.82 Å². The van der Waals surface area contributed by atoms with Crippen molar-refractivity contribution in [3.8, 4) is 0 Å². The molecule has 1 aromatic heterocycles. The molecule has 1 aliphatic heterocycles. The Morgan fingerprint density at radius 3 is 2.58 bits per heavy atom. The summed E-state index contributed by atoms with van der Waals surface area (Å²) in [5, 5.41) is 13.9. The van der Waals surface area contributed by atoms with Gasteiger partial charge < -0.3 is 20.1 Å². The number of morpholine rings is 1. The summed E-state index contributed by atoms with van der Waals surface area (Å²) in [7, 11) is 0. The average molecular weight is 335 g/mol. The predicted octanol–water partition coefficient (Wildman–Crippen LogP) is 1.77. The van der Waals surface area contributed by atoms with Crippen LogP contribution in [0.15, 0.2) is 0 Å². The molecule has 0 atom stereocenters. The van der Waals surface area contributed by atoms with Gasteiger partial charge in [0.25, 0.3) is 0 Å². The molecule has 134 valence electrons. The Kier molecular flexibility index (Phi) is 5.84. The molecule has 2 heterocycles. The van der Waals surface area contributed by atoms with E-state index in [-0.39, 0.29) is 0 Å². The summed E-state index contributed by atoms with van der Waals surface area (Å²) in [5.74, 6) is 2.11. The van der Waals surface area contributed by atoms with E-state index in [4.69, 9.17) is 4.74 Å². The fourth-order valence-corrected chi connectivity index (χ4v) is 3.36. The third kappa shape index (κ3) is 4.54. The standard InChI is InChI=1S/C17H29N5O2/c1-2-6-14-19-15(18-13-17(23)7-4-3-5-8-17)21-16(20-14)22-9-11-24-12-10-22/h23H,2-13H2,1H3,(H,18,19,20,21). The molecule has 1 saturated carbocycles. The average Bonchev–Trinajstić information content (AvgIpc) is 2.62. The zero-order valence-corrected chi connectivity index (χ0v) is 14.6. The molecule has 2 aliphatic rings. The molecule has 0 unspecified atom stereocenters. The van der Waals surface area contributed by atoms with Gasteiger partial charge in [0.05, 0.1) is 18.8 Å². The molecule has 1 aliphatic carbocycles. The first-order valence-corrected chi connectivity index (χ1v) is 9.22. The van der Waals surface area contributed by atoms with Crippen molar-refractivity contribution in [3.63, 3.8) is 0 Å². The number of nitrogens with zero attached hydrogens (tertiary/aromatic N) is 4. The van der Waals surface area contributed by atoms with E-state index in [1.54, 1.807) is 0 Å². The second-order valence-corrected chi connectivity index (χ2v) is 6.86. The van der Waals surface area contributed by atoms with E-state index >= 15 is 0 Å². The van der Waals surface area contributed by atoms with Gasteiger partial charge in [0, 0.05) is 26.1 Å². The van der Waals surface area contributed by atoms with E-state index in [9.17, 15) is 5.11 Å². The smallest absolute Gasteiger partial charge is 0.230 e. The topological polar surface area (TPSA) is 83.4 Å². The van der Waals surface area contributed by atoms with Crippen LogP contribution in [0.5, 0.6) is 0 Å². The van der Waals surface area contributed by atoms with E-state index < -0.39 is 5.60 Å². The van der Waals surface area contributed by atoms with Crippen LogP contribution in [0.4, 0.5) is 11.9 Å². The lowest BCUT2D eigenvalue weighted by molar-refractivity contribution is 0.0166. The Labute approximate surface area is 143 Å². The van der Waals surface area contributed by atoms with Gasteiger partial charge >= 0.3 is 0 Å². The van der Waals surface area contributed by atoms with Gasteiger partial charge in [-0.1, -0.05) is 26.2 Å². The Morgan fingerprint density at radius 2 is 1.88 bits per heavy atom. The van der Waals surface area contributed by atoms with Gasteiger partial charge in [0.1, 0.15) is 5.82 Å². The van der Waals surface area contributed by atoms with Crippen molar-refractivity contribution in [1.29, 1.82) is 0 Å². The lowest BCUT2D eigenvalue weighted by atomic mass is 9.85. The predicted molar refractivity (Wildman–Crippen MR) is 93.4 cm³/mol. The van der Waals surface area contributed by atoms with Crippen LogP contribution in [0.25, 0.3) is 0 Å². The highest BCUT2D eigenvalue weighted by Crippen LogP contribution is 2.28. The zero-order valence-electron chi connectivity index (χ0n) is 14.6. The summed E-state index contributed by atoms with van der Waals surface area (Å²) >= 11 is 0. The minimum absolute atomic E-state index is 0.505. The molecule has 7 heteroatoms. The van der Waals surface area contributed by atoms with Crippen LogP contribution in [0.1, 0.15) is 51.3 Å². The summed E-state index contributed by atoms with van der Waals surface area (Å²) < 4.78 is 5.41. The highest BCUT2D eigenvalue weighted by atomic mass is 16.5. The molecular formula is C17H29N5O2. The molecule has 0 bridgehead atoms. The molecule has 0 radical (unpaired) electrons. The molecule has 1 saturated heterocycles. The first kappa shape index (κ1) is 17.4. The maximum atomic E-state index is 10.7. The van der Waals surface area contributed by atoms with Gasteiger partial charge in [-0.2, -0.15) is 15.0 Å². The monoisotopic (exact) mass is 335 g/mol. The number of anilines is 2. The fraction of sp³-hybridized carbons (Fsp3) is 0.824. The van der Waals surface area contributed by atoms with Crippen molar-refractivity contribution in [2.45, 2.75) is 57.5 Å². The molecule has 0 amide bonds. The van der Waals surface area contributed by atoms with E-state index in [1.165, 1.54) is 6.42 Å². The summed E-state index contributed by atoms with van der Waals surface area (Å²) in [5.41, 5.74) is -0.630. The van der Waals surface area contributed by atoms with Crippen LogP contribution < -0.4 is 10.2 Å². The number of hydrogen-bond acceptors (Lipinski definition) is 7. The Balaban J connectivity index is 1.71. The number of nitrogens with one attached hydrogen (secondary N) is 1. The maximum absolute atomic E-state index is 10.7. The molecule has 24 heavy (non-hydrogen) atoms. The van der Waals surface area contributed by atoms with E-state index in [0.29, 0.717) is 25.7 Å². The maximum Gasteiger partial charge on any atom is 0.230 e. The largest absolute Gasteiger partial charge is 0.388 e. The third-order valence-corrected chi connectivity index (χ3v) is 4.80. The van der Waals surface area contributed by atoms with Crippen molar-refractivity contribution in [1.82, 2.24) is 15.0 Å². The second kappa shape index (κ2) is 8.07. The normalized spacial score (nSPS) is 20.8. The zero-order chi connectivity index (χ0) is 16.8. The second-order valence-electron chi connectivity index (χ2n) is 6.86. The summed E-state index contributed by atoms with van der Waals surface area (Å²) in [4.78, 5) is 15.9. The first-order chi connectivity index (χ1) is 11.7. The molecule has 7 nitrogen and oxygen atoms in total. The van der Waals surface area contributed by atoms with Crippen LogP contribution in [0, 0.1) is 0 Å². The number of hydrogen-bond donors (Lipinski definition) is 2. The van der Waals surface area contributed by atoms with Crippen LogP contribution >= 0.6 is 0 Å². The minimum Gasteiger partial charge on any atom is -0.388 e. The van der Waals surface area contributed by atoms with Crippen molar-refractivity contribution in [2.24, 2.45) is 0 Å².